The molecule has 2 aromatic rings. The number of ether oxygens (including phenoxy) is 1. The van der Waals surface area contributed by atoms with Crippen molar-refractivity contribution in [1.29, 1.82) is 0 Å². The normalized spacial score (nSPS) is 14.8. The fourth-order valence-electron chi connectivity index (χ4n) is 2.63. The van der Waals surface area contributed by atoms with Crippen LogP contribution in [-0.2, 0) is 22.5 Å². The van der Waals surface area contributed by atoms with Crippen LogP contribution in [0, 0.1) is 0 Å². The van der Waals surface area contributed by atoms with Crippen molar-refractivity contribution >= 4 is 23.1 Å². The van der Waals surface area contributed by atoms with Gasteiger partial charge in [0.15, 0.2) is 0 Å². The molecule has 1 aliphatic rings. The quantitative estimate of drug-likeness (QED) is 0.856. The first kappa shape index (κ1) is 17.8. The SMILES string of the molecule is CC(C)c1nc(CC(=O)NCc2ccnc(N3CCOCC3)c2)cs1. The number of carbonyl (C=O) groups is 1. The Hall–Kier alpha value is -1.99. The third kappa shape index (κ3) is 4.99. The van der Waals surface area contributed by atoms with Crippen LogP contribution in [-0.4, -0.2) is 42.2 Å². The van der Waals surface area contributed by atoms with Gasteiger partial charge in [-0.3, -0.25) is 4.79 Å². The van der Waals surface area contributed by atoms with E-state index in [2.05, 4.69) is 34.0 Å². The molecule has 1 amide bonds. The van der Waals surface area contributed by atoms with Gasteiger partial charge in [-0.2, -0.15) is 0 Å². The summed E-state index contributed by atoms with van der Waals surface area (Å²) in [5.41, 5.74) is 1.89. The Morgan fingerprint density at radius 1 is 1.40 bits per heavy atom. The van der Waals surface area contributed by atoms with Gasteiger partial charge < -0.3 is 15.0 Å². The molecular formula is C18H24N4O2S. The Balaban J connectivity index is 1.52. The van der Waals surface area contributed by atoms with Crippen LogP contribution in [0.3, 0.4) is 0 Å². The number of aromatic nitrogens is 2. The minimum atomic E-state index is -0.00894. The molecule has 3 rings (SSSR count). The Labute approximate surface area is 152 Å². The fraction of sp³-hybridized carbons (Fsp3) is 0.500. The van der Waals surface area contributed by atoms with E-state index in [0.29, 0.717) is 18.9 Å². The summed E-state index contributed by atoms with van der Waals surface area (Å²) in [6.07, 6.45) is 2.12. The van der Waals surface area contributed by atoms with E-state index in [-0.39, 0.29) is 5.91 Å². The van der Waals surface area contributed by atoms with Gasteiger partial charge in [0.25, 0.3) is 0 Å². The summed E-state index contributed by atoms with van der Waals surface area (Å²) in [4.78, 5) is 23.3. The third-order valence-electron chi connectivity index (χ3n) is 4.04. The molecule has 3 heterocycles. The molecule has 0 radical (unpaired) electrons. The van der Waals surface area contributed by atoms with Crippen molar-refractivity contribution in [2.24, 2.45) is 0 Å². The lowest BCUT2D eigenvalue weighted by Gasteiger charge is -2.28. The standard InChI is InChI=1S/C18H24N4O2S/c1-13(2)18-21-15(12-25-18)10-17(23)20-11-14-3-4-19-16(9-14)22-5-7-24-8-6-22/h3-4,9,12-13H,5-8,10-11H2,1-2H3,(H,20,23). The van der Waals surface area contributed by atoms with Crippen molar-refractivity contribution in [1.82, 2.24) is 15.3 Å². The molecule has 134 valence electrons. The van der Waals surface area contributed by atoms with Gasteiger partial charge in [0.2, 0.25) is 5.91 Å². The lowest BCUT2D eigenvalue weighted by atomic mass is 10.2. The topological polar surface area (TPSA) is 67.4 Å². The lowest BCUT2D eigenvalue weighted by molar-refractivity contribution is -0.120. The smallest absolute Gasteiger partial charge is 0.226 e. The van der Waals surface area contributed by atoms with Gasteiger partial charge in [-0.1, -0.05) is 13.8 Å². The van der Waals surface area contributed by atoms with Crippen molar-refractivity contribution < 1.29 is 9.53 Å². The second-order valence-electron chi connectivity index (χ2n) is 6.41. The number of pyridine rings is 1. The van der Waals surface area contributed by atoms with Crippen LogP contribution < -0.4 is 10.2 Å². The zero-order chi connectivity index (χ0) is 17.6. The van der Waals surface area contributed by atoms with E-state index < -0.39 is 0 Å². The molecule has 25 heavy (non-hydrogen) atoms. The van der Waals surface area contributed by atoms with Crippen LogP contribution in [0.15, 0.2) is 23.7 Å². The second kappa shape index (κ2) is 8.40. The van der Waals surface area contributed by atoms with Crippen molar-refractivity contribution in [2.45, 2.75) is 32.7 Å². The van der Waals surface area contributed by atoms with Crippen LogP contribution in [0.25, 0.3) is 0 Å². The zero-order valence-corrected chi connectivity index (χ0v) is 15.5. The number of thiazole rings is 1. The number of carbonyl (C=O) groups excluding carboxylic acids is 1. The first-order valence-electron chi connectivity index (χ1n) is 8.60. The molecule has 6 nitrogen and oxygen atoms in total. The molecular weight excluding hydrogens is 336 g/mol. The van der Waals surface area contributed by atoms with Gasteiger partial charge in [0.05, 0.1) is 30.3 Å². The lowest BCUT2D eigenvalue weighted by Crippen LogP contribution is -2.36. The number of anilines is 1. The van der Waals surface area contributed by atoms with Gasteiger partial charge in [-0.05, 0) is 17.7 Å². The molecule has 1 N–H and O–H groups in total. The summed E-state index contributed by atoms with van der Waals surface area (Å²) in [6, 6.07) is 3.97. The molecule has 0 spiro atoms. The molecule has 0 saturated carbocycles. The number of rotatable bonds is 6. The van der Waals surface area contributed by atoms with Gasteiger partial charge in [0, 0.05) is 37.1 Å². The molecule has 0 aliphatic carbocycles. The molecule has 7 heteroatoms. The minimum absolute atomic E-state index is 0.00894. The molecule has 1 saturated heterocycles. The second-order valence-corrected chi connectivity index (χ2v) is 7.30. The highest BCUT2D eigenvalue weighted by Gasteiger charge is 2.13. The van der Waals surface area contributed by atoms with Crippen LogP contribution in [0.1, 0.15) is 36.0 Å². The maximum absolute atomic E-state index is 12.2. The van der Waals surface area contributed by atoms with Crippen molar-refractivity contribution in [3.63, 3.8) is 0 Å². The number of hydrogen-bond donors (Lipinski definition) is 1. The summed E-state index contributed by atoms with van der Waals surface area (Å²) >= 11 is 1.62. The highest BCUT2D eigenvalue weighted by molar-refractivity contribution is 7.09. The van der Waals surface area contributed by atoms with Crippen molar-refractivity contribution in [2.75, 3.05) is 31.2 Å². The summed E-state index contributed by atoms with van der Waals surface area (Å²) < 4.78 is 5.37. The Morgan fingerprint density at radius 2 is 2.20 bits per heavy atom. The van der Waals surface area contributed by atoms with Crippen LogP contribution in [0.5, 0.6) is 0 Å². The van der Waals surface area contributed by atoms with Gasteiger partial charge in [-0.15, -0.1) is 11.3 Å². The molecule has 1 fully saturated rings. The maximum atomic E-state index is 12.2. The molecule has 2 aromatic heterocycles. The molecule has 0 unspecified atom stereocenters. The van der Waals surface area contributed by atoms with Crippen LogP contribution >= 0.6 is 11.3 Å². The van der Waals surface area contributed by atoms with E-state index in [9.17, 15) is 4.79 Å². The summed E-state index contributed by atoms with van der Waals surface area (Å²) in [7, 11) is 0. The van der Waals surface area contributed by atoms with Crippen LogP contribution in [0.2, 0.25) is 0 Å². The number of nitrogens with zero attached hydrogens (tertiary/aromatic N) is 3. The highest BCUT2D eigenvalue weighted by Crippen LogP contribution is 2.19. The predicted molar refractivity (Wildman–Crippen MR) is 99.0 cm³/mol. The van der Waals surface area contributed by atoms with Gasteiger partial charge in [0.1, 0.15) is 5.82 Å². The Kier molecular flexibility index (Phi) is 5.99. The number of morpholine rings is 1. The average molecular weight is 360 g/mol. The van der Waals surface area contributed by atoms with E-state index in [1.807, 2.05) is 17.5 Å². The van der Waals surface area contributed by atoms with E-state index >= 15 is 0 Å². The highest BCUT2D eigenvalue weighted by atomic mass is 32.1. The molecule has 0 aromatic carbocycles. The Morgan fingerprint density at radius 3 is 2.92 bits per heavy atom. The first-order valence-corrected chi connectivity index (χ1v) is 9.48. The Bertz CT molecular complexity index is 711. The van der Waals surface area contributed by atoms with Gasteiger partial charge >= 0.3 is 0 Å². The van der Waals surface area contributed by atoms with Crippen molar-refractivity contribution in [3.05, 3.63) is 40.0 Å². The third-order valence-corrected chi connectivity index (χ3v) is 5.23. The predicted octanol–water partition coefficient (Wildman–Crippen LogP) is 2.36. The largest absolute Gasteiger partial charge is 0.378 e. The number of hydrogen-bond acceptors (Lipinski definition) is 6. The minimum Gasteiger partial charge on any atom is -0.378 e. The van der Waals surface area contributed by atoms with E-state index in [4.69, 9.17) is 4.74 Å². The van der Waals surface area contributed by atoms with Crippen LogP contribution in [0.4, 0.5) is 5.82 Å². The molecule has 1 aliphatic heterocycles. The average Bonchev–Trinajstić information content (AvgIpc) is 3.10. The first-order chi connectivity index (χ1) is 12.1. The van der Waals surface area contributed by atoms with E-state index in [0.717, 1.165) is 48.4 Å². The summed E-state index contributed by atoms with van der Waals surface area (Å²) in [5, 5.41) is 6.02. The van der Waals surface area contributed by atoms with E-state index in [1.54, 1.807) is 17.5 Å². The number of nitrogens with one attached hydrogen (secondary N) is 1. The summed E-state index contributed by atoms with van der Waals surface area (Å²) in [6.45, 7) is 7.88. The van der Waals surface area contributed by atoms with E-state index in [1.165, 1.54) is 0 Å². The monoisotopic (exact) mass is 360 g/mol. The zero-order valence-electron chi connectivity index (χ0n) is 14.7. The summed E-state index contributed by atoms with van der Waals surface area (Å²) in [5.74, 6) is 1.33. The molecule has 0 bridgehead atoms. The van der Waals surface area contributed by atoms with Gasteiger partial charge in [-0.25, -0.2) is 9.97 Å². The molecule has 0 atom stereocenters. The number of amides is 1. The van der Waals surface area contributed by atoms with Crippen molar-refractivity contribution in [3.8, 4) is 0 Å². The fourth-order valence-corrected chi connectivity index (χ4v) is 3.47. The maximum Gasteiger partial charge on any atom is 0.226 e.